The molecular formula is C21H22N4O. The van der Waals surface area contributed by atoms with E-state index in [1.165, 1.54) is 12.8 Å². The zero-order chi connectivity index (χ0) is 18.1. The van der Waals surface area contributed by atoms with Gasteiger partial charge in [0.1, 0.15) is 12.1 Å². The second-order valence-electron chi connectivity index (χ2n) is 6.90. The SMILES string of the molecule is Cc1ccc(C)c(C(=O)Nc2ccc3c(N4CCCC4)ncnc3c2)c1. The second-order valence-corrected chi connectivity index (χ2v) is 6.90. The molecule has 1 aliphatic rings. The Balaban J connectivity index is 1.63. The number of amides is 1. The maximum atomic E-state index is 12.6. The van der Waals surface area contributed by atoms with Crippen LogP contribution in [0, 0.1) is 13.8 Å². The van der Waals surface area contributed by atoms with Crippen LogP contribution >= 0.6 is 0 Å². The van der Waals surface area contributed by atoms with Gasteiger partial charge in [0, 0.05) is 29.7 Å². The minimum atomic E-state index is -0.0978. The summed E-state index contributed by atoms with van der Waals surface area (Å²) in [5.41, 5.74) is 4.33. The lowest BCUT2D eigenvalue weighted by Gasteiger charge is -2.18. The molecule has 2 heterocycles. The van der Waals surface area contributed by atoms with Crippen molar-refractivity contribution in [1.82, 2.24) is 9.97 Å². The summed E-state index contributed by atoms with van der Waals surface area (Å²) in [6.07, 6.45) is 4.01. The highest BCUT2D eigenvalue weighted by Crippen LogP contribution is 2.28. The quantitative estimate of drug-likeness (QED) is 0.776. The van der Waals surface area contributed by atoms with Gasteiger partial charge in [0.2, 0.25) is 0 Å². The average Bonchev–Trinajstić information content (AvgIpc) is 3.17. The lowest BCUT2D eigenvalue weighted by molar-refractivity contribution is 0.102. The Morgan fingerprint density at radius 2 is 1.85 bits per heavy atom. The molecule has 0 saturated carbocycles. The number of hydrogen-bond donors (Lipinski definition) is 1. The molecule has 132 valence electrons. The number of benzene rings is 2. The fraction of sp³-hybridized carbons (Fsp3) is 0.286. The van der Waals surface area contributed by atoms with E-state index >= 15 is 0 Å². The molecule has 0 aliphatic carbocycles. The van der Waals surface area contributed by atoms with E-state index in [-0.39, 0.29) is 5.91 Å². The van der Waals surface area contributed by atoms with Gasteiger partial charge in [-0.3, -0.25) is 4.79 Å². The van der Waals surface area contributed by atoms with Gasteiger partial charge in [0.15, 0.2) is 0 Å². The van der Waals surface area contributed by atoms with Crippen LogP contribution in [0.1, 0.15) is 34.3 Å². The lowest BCUT2D eigenvalue weighted by Crippen LogP contribution is -2.19. The average molecular weight is 346 g/mol. The van der Waals surface area contributed by atoms with Crippen LogP contribution in [0.4, 0.5) is 11.5 Å². The monoisotopic (exact) mass is 346 g/mol. The molecule has 5 heteroatoms. The standard InChI is InChI=1S/C21H22N4O/c1-14-5-6-15(2)18(11-14)21(26)24-16-7-8-17-19(12-16)22-13-23-20(17)25-9-3-4-10-25/h5-8,11-13H,3-4,9-10H2,1-2H3,(H,24,26). The highest BCUT2D eigenvalue weighted by Gasteiger charge is 2.17. The fourth-order valence-electron chi connectivity index (χ4n) is 3.48. The normalized spacial score (nSPS) is 14.0. The zero-order valence-corrected chi connectivity index (χ0v) is 15.1. The minimum Gasteiger partial charge on any atom is -0.356 e. The van der Waals surface area contributed by atoms with E-state index in [1.807, 2.05) is 50.2 Å². The van der Waals surface area contributed by atoms with Gasteiger partial charge in [-0.15, -0.1) is 0 Å². The van der Waals surface area contributed by atoms with Gasteiger partial charge in [-0.1, -0.05) is 17.7 Å². The Morgan fingerprint density at radius 3 is 2.65 bits per heavy atom. The molecule has 1 amide bonds. The summed E-state index contributed by atoms with van der Waals surface area (Å²) in [6.45, 7) is 6.02. The first-order valence-electron chi connectivity index (χ1n) is 9.00. The molecule has 0 atom stereocenters. The Kier molecular flexibility index (Phi) is 4.29. The predicted octanol–water partition coefficient (Wildman–Crippen LogP) is 4.10. The van der Waals surface area contributed by atoms with Gasteiger partial charge in [0.25, 0.3) is 5.91 Å². The summed E-state index contributed by atoms with van der Waals surface area (Å²) in [5, 5.41) is 4.02. The molecule has 1 saturated heterocycles. The zero-order valence-electron chi connectivity index (χ0n) is 15.1. The van der Waals surface area contributed by atoms with E-state index in [9.17, 15) is 4.79 Å². The van der Waals surface area contributed by atoms with Crippen LogP contribution in [0.2, 0.25) is 0 Å². The molecule has 0 spiro atoms. The number of rotatable bonds is 3. The van der Waals surface area contributed by atoms with Crippen molar-refractivity contribution in [2.45, 2.75) is 26.7 Å². The van der Waals surface area contributed by atoms with Crippen molar-refractivity contribution in [3.05, 3.63) is 59.4 Å². The molecule has 2 aromatic carbocycles. The number of nitrogens with zero attached hydrogens (tertiary/aromatic N) is 3. The smallest absolute Gasteiger partial charge is 0.255 e. The summed E-state index contributed by atoms with van der Waals surface area (Å²) in [6, 6.07) is 11.7. The summed E-state index contributed by atoms with van der Waals surface area (Å²) in [5.74, 6) is 0.888. The highest BCUT2D eigenvalue weighted by atomic mass is 16.1. The van der Waals surface area contributed by atoms with Gasteiger partial charge < -0.3 is 10.2 Å². The topological polar surface area (TPSA) is 58.1 Å². The van der Waals surface area contributed by atoms with Crippen LogP contribution in [0.15, 0.2) is 42.7 Å². The van der Waals surface area contributed by atoms with Crippen LogP contribution in [0.3, 0.4) is 0 Å². The Hall–Kier alpha value is -2.95. The molecule has 26 heavy (non-hydrogen) atoms. The maximum absolute atomic E-state index is 12.6. The Labute approximate surface area is 153 Å². The first-order chi connectivity index (χ1) is 12.6. The van der Waals surface area contributed by atoms with E-state index < -0.39 is 0 Å². The molecule has 4 rings (SSSR count). The number of aromatic nitrogens is 2. The lowest BCUT2D eigenvalue weighted by atomic mass is 10.0. The third kappa shape index (κ3) is 3.12. The van der Waals surface area contributed by atoms with Crippen LogP contribution in [0.25, 0.3) is 10.9 Å². The number of fused-ring (bicyclic) bond motifs is 1. The fourth-order valence-corrected chi connectivity index (χ4v) is 3.48. The van der Waals surface area contributed by atoms with Crippen LogP contribution in [-0.2, 0) is 0 Å². The first-order valence-corrected chi connectivity index (χ1v) is 9.00. The largest absolute Gasteiger partial charge is 0.356 e. The van der Waals surface area contributed by atoms with Crippen molar-refractivity contribution in [3.63, 3.8) is 0 Å². The van der Waals surface area contributed by atoms with Crippen molar-refractivity contribution in [2.75, 3.05) is 23.3 Å². The number of anilines is 2. The van der Waals surface area contributed by atoms with Crippen LogP contribution < -0.4 is 10.2 Å². The van der Waals surface area contributed by atoms with Crippen LogP contribution in [-0.4, -0.2) is 29.0 Å². The van der Waals surface area contributed by atoms with E-state index in [2.05, 4.69) is 20.2 Å². The van der Waals surface area contributed by atoms with Crippen molar-refractivity contribution in [1.29, 1.82) is 0 Å². The number of carbonyl (C=O) groups is 1. The van der Waals surface area contributed by atoms with Gasteiger partial charge in [0.05, 0.1) is 5.52 Å². The van der Waals surface area contributed by atoms with Gasteiger partial charge in [-0.25, -0.2) is 9.97 Å². The molecule has 0 unspecified atom stereocenters. The van der Waals surface area contributed by atoms with E-state index in [0.717, 1.165) is 46.6 Å². The van der Waals surface area contributed by atoms with Crippen molar-refractivity contribution >= 4 is 28.3 Å². The number of hydrogen-bond acceptors (Lipinski definition) is 4. The third-order valence-corrected chi connectivity index (χ3v) is 4.92. The highest BCUT2D eigenvalue weighted by molar-refractivity contribution is 6.06. The summed E-state index contributed by atoms with van der Waals surface area (Å²) in [4.78, 5) is 23.8. The van der Waals surface area contributed by atoms with Gasteiger partial charge in [-0.05, 0) is 56.5 Å². The molecule has 0 radical (unpaired) electrons. The maximum Gasteiger partial charge on any atom is 0.255 e. The summed E-state index contributed by atoms with van der Waals surface area (Å²) >= 11 is 0. The molecule has 1 aromatic heterocycles. The van der Waals surface area contributed by atoms with Crippen molar-refractivity contribution in [2.24, 2.45) is 0 Å². The molecule has 1 N–H and O–H groups in total. The van der Waals surface area contributed by atoms with Crippen molar-refractivity contribution < 1.29 is 4.79 Å². The minimum absolute atomic E-state index is 0.0978. The number of aryl methyl sites for hydroxylation is 2. The van der Waals surface area contributed by atoms with Gasteiger partial charge >= 0.3 is 0 Å². The van der Waals surface area contributed by atoms with E-state index in [0.29, 0.717) is 5.56 Å². The Bertz CT molecular complexity index is 977. The molecule has 0 bridgehead atoms. The van der Waals surface area contributed by atoms with E-state index in [1.54, 1.807) is 6.33 Å². The predicted molar refractivity (Wildman–Crippen MR) is 105 cm³/mol. The van der Waals surface area contributed by atoms with Crippen molar-refractivity contribution in [3.8, 4) is 0 Å². The second kappa shape index (κ2) is 6.75. The molecule has 1 fully saturated rings. The summed E-state index contributed by atoms with van der Waals surface area (Å²) in [7, 11) is 0. The van der Waals surface area contributed by atoms with E-state index in [4.69, 9.17) is 0 Å². The summed E-state index contributed by atoms with van der Waals surface area (Å²) < 4.78 is 0. The molecule has 5 nitrogen and oxygen atoms in total. The molecule has 3 aromatic rings. The molecular weight excluding hydrogens is 324 g/mol. The number of carbonyl (C=O) groups excluding carboxylic acids is 1. The number of nitrogens with one attached hydrogen (secondary N) is 1. The third-order valence-electron chi connectivity index (χ3n) is 4.92. The van der Waals surface area contributed by atoms with Gasteiger partial charge in [-0.2, -0.15) is 0 Å². The first kappa shape index (κ1) is 16.5. The van der Waals surface area contributed by atoms with Crippen LogP contribution in [0.5, 0.6) is 0 Å². The Morgan fingerprint density at radius 1 is 1.04 bits per heavy atom. The molecule has 1 aliphatic heterocycles.